The molecule has 0 bridgehead atoms. The normalized spacial score (nSPS) is 14.4. The number of aromatic nitrogens is 5. The van der Waals surface area contributed by atoms with Crippen molar-refractivity contribution in [1.82, 2.24) is 24.7 Å². The lowest BCUT2D eigenvalue weighted by Crippen LogP contribution is -2.04. The van der Waals surface area contributed by atoms with Crippen molar-refractivity contribution in [2.24, 2.45) is 5.10 Å². The first kappa shape index (κ1) is 16.9. The summed E-state index contributed by atoms with van der Waals surface area (Å²) in [6, 6.07) is 8.55. The average Bonchev–Trinajstić information content (AvgIpc) is 3.34. The molecule has 0 aliphatic heterocycles. The number of benzene rings is 1. The van der Waals surface area contributed by atoms with Crippen LogP contribution in [0, 0.1) is 25.5 Å². The van der Waals surface area contributed by atoms with E-state index in [0.29, 0.717) is 10.7 Å². The van der Waals surface area contributed by atoms with E-state index in [0.717, 1.165) is 42.2 Å². The lowest BCUT2D eigenvalue weighted by Gasteiger charge is -2.05. The lowest BCUT2D eigenvalue weighted by atomic mass is 10.1. The first-order valence-electron chi connectivity index (χ1n) is 8.84. The van der Waals surface area contributed by atoms with Gasteiger partial charge < -0.3 is 0 Å². The van der Waals surface area contributed by atoms with Crippen molar-refractivity contribution < 1.29 is 0 Å². The molecule has 0 atom stereocenters. The Morgan fingerprint density at radius 1 is 1.23 bits per heavy atom. The highest BCUT2D eigenvalue weighted by Gasteiger charge is 2.29. The second-order valence-electron chi connectivity index (χ2n) is 6.95. The van der Waals surface area contributed by atoms with Gasteiger partial charge in [0.1, 0.15) is 0 Å². The zero-order valence-electron chi connectivity index (χ0n) is 15.2. The van der Waals surface area contributed by atoms with Gasteiger partial charge in [-0.3, -0.25) is 9.78 Å². The molecule has 0 spiro atoms. The first-order chi connectivity index (χ1) is 12.5. The van der Waals surface area contributed by atoms with Crippen LogP contribution in [0.5, 0.6) is 0 Å². The van der Waals surface area contributed by atoms with Crippen molar-refractivity contribution >= 4 is 18.4 Å². The number of hydrogen-bond donors (Lipinski definition) is 1. The zero-order chi connectivity index (χ0) is 18.3. The molecule has 134 valence electrons. The molecule has 3 aromatic rings. The van der Waals surface area contributed by atoms with Crippen LogP contribution < -0.4 is 0 Å². The molecule has 1 saturated carbocycles. The van der Waals surface area contributed by atoms with Gasteiger partial charge in [0.25, 0.3) is 0 Å². The molecule has 0 unspecified atom stereocenters. The van der Waals surface area contributed by atoms with Gasteiger partial charge in [0.05, 0.1) is 18.5 Å². The molecule has 1 aliphatic rings. The van der Waals surface area contributed by atoms with Gasteiger partial charge in [0, 0.05) is 17.2 Å². The van der Waals surface area contributed by atoms with Crippen LogP contribution in [-0.2, 0) is 6.54 Å². The second-order valence-corrected chi connectivity index (χ2v) is 7.33. The summed E-state index contributed by atoms with van der Waals surface area (Å²) >= 11 is 5.31. The monoisotopic (exact) mass is 366 g/mol. The van der Waals surface area contributed by atoms with Crippen molar-refractivity contribution in [2.45, 2.75) is 46.1 Å². The zero-order valence-corrected chi connectivity index (χ0v) is 16.0. The Morgan fingerprint density at radius 3 is 2.65 bits per heavy atom. The summed E-state index contributed by atoms with van der Waals surface area (Å²) in [5.74, 6) is 1.40. The molecular weight excluding hydrogens is 344 g/mol. The molecule has 0 amide bonds. The van der Waals surface area contributed by atoms with Gasteiger partial charge in [-0.15, -0.1) is 0 Å². The van der Waals surface area contributed by atoms with E-state index in [9.17, 15) is 0 Å². The van der Waals surface area contributed by atoms with Crippen molar-refractivity contribution in [3.63, 3.8) is 0 Å². The number of nitrogens with one attached hydrogen (secondary N) is 1. The Kier molecular flexibility index (Phi) is 4.32. The van der Waals surface area contributed by atoms with Crippen molar-refractivity contribution in [3.05, 3.63) is 62.9 Å². The Balaban J connectivity index is 1.61. The highest BCUT2D eigenvalue weighted by Crippen LogP contribution is 2.38. The summed E-state index contributed by atoms with van der Waals surface area (Å²) in [6.45, 7) is 6.93. The van der Waals surface area contributed by atoms with Gasteiger partial charge in [-0.25, -0.2) is 0 Å². The van der Waals surface area contributed by atoms with E-state index in [4.69, 9.17) is 12.2 Å². The van der Waals surface area contributed by atoms with Crippen molar-refractivity contribution in [1.29, 1.82) is 0 Å². The molecule has 1 aromatic carbocycles. The molecule has 1 fully saturated rings. The number of aromatic amines is 1. The number of H-pyrrole nitrogens is 1. The second kappa shape index (κ2) is 6.64. The molecular formula is C19H22N6S. The summed E-state index contributed by atoms with van der Waals surface area (Å²) in [6.07, 6.45) is 4.16. The minimum Gasteiger partial charge on any atom is -0.265 e. The van der Waals surface area contributed by atoms with Crippen LogP contribution in [0.2, 0.25) is 0 Å². The van der Waals surface area contributed by atoms with Crippen LogP contribution in [0.4, 0.5) is 0 Å². The number of hydrogen-bond acceptors (Lipinski definition) is 4. The third kappa shape index (κ3) is 3.26. The fourth-order valence-electron chi connectivity index (χ4n) is 3.05. The van der Waals surface area contributed by atoms with E-state index in [1.54, 1.807) is 4.68 Å². The first-order valence-corrected chi connectivity index (χ1v) is 9.25. The molecule has 1 N–H and O–H groups in total. The highest BCUT2D eigenvalue weighted by atomic mass is 32.1. The van der Waals surface area contributed by atoms with Crippen LogP contribution in [0.3, 0.4) is 0 Å². The molecule has 0 radical (unpaired) electrons. The fraction of sp³-hybridized carbons (Fsp3) is 0.368. The maximum atomic E-state index is 5.31. The maximum absolute atomic E-state index is 5.31. The summed E-state index contributed by atoms with van der Waals surface area (Å²) in [5, 5.41) is 16.4. The molecule has 26 heavy (non-hydrogen) atoms. The third-order valence-corrected chi connectivity index (χ3v) is 5.07. The summed E-state index contributed by atoms with van der Waals surface area (Å²) < 4.78 is 4.30. The van der Waals surface area contributed by atoms with Gasteiger partial charge in [-0.2, -0.15) is 20.0 Å². The summed E-state index contributed by atoms with van der Waals surface area (Å²) in [4.78, 5) is 0. The third-order valence-electron chi connectivity index (χ3n) is 4.81. The van der Waals surface area contributed by atoms with Gasteiger partial charge >= 0.3 is 0 Å². The SMILES string of the molecule is Cc1ccc(Cn2nc(C)c(/C=N\n3c(C4CC4)n[nH]c3=S)c2C)cc1. The standard InChI is InChI=1S/C19H22N6S/c1-12-4-6-15(7-5-12)11-24-14(3)17(13(2)23-24)10-20-25-18(16-8-9-16)21-22-19(25)26/h4-7,10,16H,8-9,11H2,1-3H3,(H,22,26)/b20-10-. The molecule has 7 heteroatoms. The van der Waals surface area contributed by atoms with Gasteiger partial charge in [0.15, 0.2) is 5.82 Å². The van der Waals surface area contributed by atoms with Crippen LogP contribution in [0.25, 0.3) is 0 Å². The molecule has 1 aliphatic carbocycles. The molecule has 6 nitrogen and oxygen atoms in total. The van der Waals surface area contributed by atoms with Gasteiger partial charge in [-0.1, -0.05) is 29.8 Å². The highest BCUT2D eigenvalue weighted by molar-refractivity contribution is 7.71. The molecule has 2 heterocycles. The smallest absolute Gasteiger partial charge is 0.216 e. The molecule has 4 rings (SSSR count). The van der Waals surface area contributed by atoms with E-state index in [1.165, 1.54) is 11.1 Å². The number of aryl methyl sites for hydroxylation is 2. The number of nitrogens with zero attached hydrogens (tertiary/aromatic N) is 5. The quantitative estimate of drug-likeness (QED) is 0.551. The predicted octanol–water partition coefficient (Wildman–Crippen LogP) is 3.87. The number of rotatable bonds is 5. The lowest BCUT2D eigenvalue weighted by molar-refractivity contribution is 0.659. The van der Waals surface area contributed by atoms with Crippen molar-refractivity contribution in [3.8, 4) is 0 Å². The van der Waals surface area contributed by atoms with Gasteiger partial charge in [-0.05, 0) is 51.4 Å². The van der Waals surface area contributed by atoms with Gasteiger partial charge in [0.2, 0.25) is 4.77 Å². The Bertz CT molecular complexity index is 1020. The Morgan fingerprint density at radius 2 is 1.96 bits per heavy atom. The summed E-state index contributed by atoms with van der Waals surface area (Å²) in [7, 11) is 0. The Hall–Kier alpha value is -2.54. The minimum atomic E-state index is 0.478. The largest absolute Gasteiger partial charge is 0.265 e. The van der Waals surface area contributed by atoms with E-state index in [2.05, 4.69) is 58.5 Å². The van der Waals surface area contributed by atoms with E-state index < -0.39 is 0 Å². The molecule has 2 aromatic heterocycles. The van der Waals surface area contributed by atoms with Crippen LogP contribution in [0.1, 0.15) is 52.7 Å². The maximum Gasteiger partial charge on any atom is 0.216 e. The molecule has 0 saturated heterocycles. The van der Waals surface area contributed by atoms with E-state index >= 15 is 0 Å². The minimum absolute atomic E-state index is 0.478. The van der Waals surface area contributed by atoms with E-state index in [-0.39, 0.29) is 0 Å². The van der Waals surface area contributed by atoms with Crippen LogP contribution >= 0.6 is 12.2 Å². The van der Waals surface area contributed by atoms with Crippen molar-refractivity contribution in [2.75, 3.05) is 0 Å². The Labute approximate surface area is 157 Å². The fourth-order valence-corrected chi connectivity index (χ4v) is 3.24. The average molecular weight is 366 g/mol. The van der Waals surface area contributed by atoms with Crippen LogP contribution in [0.15, 0.2) is 29.4 Å². The summed E-state index contributed by atoms with van der Waals surface area (Å²) in [5.41, 5.74) is 5.58. The van der Waals surface area contributed by atoms with Crippen LogP contribution in [-0.4, -0.2) is 30.9 Å². The topological polar surface area (TPSA) is 63.8 Å². The van der Waals surface area contributed by atoms with E-state index in [1.807, 2.05) is 17.8 Å². The predicted molar refractivity (Wildman–Crippen MR) is 104 cm³/mol.